The van der Waals surface area contributed by atoms with Crippen LogP contribution in [-0.2, 0) is 0 Å². The summed E-state index contributed by atoms with van der Waals surface area (Å²) in [6.07, 6.45) is 3.19. The van der Waals surface area contributed by atoms with E-state index in [-0.39, 0.29) is 5.95 Å². The summed E-state index contributed by atoms with van der Waals surface area (Å²) in [5, 5.41) is 0. The first-order chi connectivity index (χ1) is 6.29. The third kappa shape index (κ3) is 1.35. The fourth-order valence-corrected chi connectivity index (χ4v) is 1.03. The highest BCUT2D eigenvalue weighted by Gasteiger charge is 1.99. The molecule has 0 aliphatic rings. The van der Waals surface area contributed by atoms with Crippen LogP contribution in [0.4, 0.5) is 5.95 Å². The molecular formula is C8H8N4O. The summed E-state index contributed by atoms with van der Waals surface area (Å²) in [7, 11) is 1.58. The molecule has 2 N–H and O–H groups in total. The summed E-state index contributed by atoms with van der Waals surface area (Å²) in [6.45, 7) is 0. The van der Waals surface area contributed by atoms with Crippen molar-refractivity contribution in [3.63, 3.8) is 0 Å². The van der Waals surface area contributed by atoms with Crippen LogP contribution in [0.3, 0.4) is 0 Å². The van der Waals surface area contributed by atoms with Crippen molar-refractivity contribution in [1.29, 1.82) is 0 Å². The van der Waals surface area contributed by atoms with Gasteiger partial charge < -0.3 is 10.5 Å². The van der Waals surface area contributed by atoms with Gasteiger partial charge >= 0.3 is 0 Å². The van der Waals surface area contributed by atoms with Crippen LogP contribution in [0.15, 0.2) is 18.5 Å². The lowest BCUT2D eigenvalue weighted by molar-refractivity contribution is 0.413. The molecule has 5 nitrogen and oxygen atoms in total. The Hall–Kier alpha value is -1.91. The van der Waals surface area contributed by atoms with E-state index in [1.165, 1.54) is 0 Å². The highest BCUT2D eigenvalue weighted by atomic mass is 16.5. The van der Waals surface area contributed by atoms with Gasteiger partial charge in [0.15, 0.2) is 0 Å². The van der Waals surface area contributed by atoms with E-state index in [9.17, 15) is 0 Å². The molecule has 0 fully saturated rings. The number of nitrogen functional groups attached to an aromatic ring is 1. The predicted octanol–water partition coefficient (Wildman–Crippen LogP) is 0.616. The summed E-state index contributed by atoms with van der Waals surface area (Å²) >= 11 is 0. The second-order valence-corrected chi connectivity index (χ2v) is 2.51. The molecule has 0 aromatic carbocycles. The van der Waals surface area contributed by atoms with Gasteiger partial charge in [-0.05, 0) is 0 Å². The number of ether oxygens (including phenoxy) is 1. The zero-order chi connectivity index (χ0) is 9.26. The van der Waals surface area contributed by atoms with Crippen molar-refractivity contribution < 1.29 is 4.74 Å². The maximum Gasteiger partial charge on any atom is 0.220 e. The lowest BCUT2D eigenvalue weighted by Gasteiger charge is -2.00. The summed E-state index contributed by atoms with van der Waals surface area (Å²) in [5.41, 5.74) is 6.82. The van der Waals surface area contributed by atoms with Gasteiger partial charge in [-0.25, -0.2) is 15.0 Å². The van der Waals surface area contributed by atoms with Crippen LogP contribution in [0, 0.1) is 0 Å². The zero-order valence-corrected chi connectivity index (χ0v) is 7.06. The number of methoxy groups -OCH3 is 1. The highest BCUT2D eigenvalue weighted by molar-refractivity contribution is 5.75. The third-order valence-electron chi connectivity index (χ3n) is 1.66. The highest BCUT2D eigenvalue weighted by Crippen LogP contribution is 2.15. The number of fused-ring (bicyclic) bond motifs is 1. The number of hydrogen-bond acceptors (Lipinski definition) is 5. The maximum absolute atomic E-state index is 5.42. The van der Waals surface area contributed by atoms with E-state index < -0.39 is 0 Å². The first kappa shape index (κ1) is 7.72. The van der Waals surface area contributed by atoms with Crippen molar-refractivity contribution in [2.24, 2.45) is 0 Å². The average molecular weight is 176 g/mol. The average Bonchev–Trinajstić information content (AvgIpc) is 2.16. The number of hydrogen-bond donors (Lipinski definition) is 1. The van der Waals surface area contributed by atoms with Crippen molar-refractivity contribution in [3.8, 4) is 5.75 Å². The molecule has 0 aliphatic heterocycles. The molecule has 0 spiro atoms. The standard InChI is InChI=1S/C8H8N4O/c1-13-5-2-6-7(10-3-5)4-11-8(9)12-6/h2-4H,1H3,(H2,9,11,12). The Morgan fingerprint density at radius 3 is 2.85 bits per heavy atom. The van der Waals surface area contributed by atoms with Gasteiger partial charge in [-0.2, -0.15) is 0 Å². The van der Waals surface area contributed by atoms with Gasteiger partial charge in [-0.1, -0.05) is 0 Å². The van der Waals surface area contributed by atoms with Crippen molar-refractivity contribution in [3.05, 3.63) is 18.5 Å². The number of nitrogens with two attached hydrogens (primary N) is 1. The fourth-order valence-electron chi connectivity index (χ4n) is 1.03. The molecule has 2 aromatic rings. The van der Waals surface area contributed by atoms with E-state index in [2.05, 4.69) is 15.0 Å². The van der Waals surface area contributed by atoms with Crippen LogP contribution in [0.25, 0.3) is 11.0 Å². The molecule has 2 aromatic heterocycles. The van der Waals surface area contributed by atoms with Crippen molar-refractivity contribution in [2.45, 2.75) is 0 Å². The van der Waals surface area contributed by atoms with Crippen LogP contribution >= 0.6 is 0 Å². The van der Waals surface area contributed by atoms with E-state index in [1.54, 1.807) is 25.6 Å². The number of aromatic nitrogens is 3. The van der Waals surface area contributed by atoms with Crippen LogP contribution in [0.5, 0.6) is 5.75 Å². The molecule has 0 aliphatic carbocycles. The lowest BCUT2D eigenvalue weighted by Crippen LogP contribution is -1.95. The predicted molar refractivity (Wildman–Crippen MR) is 48.3 cm³/mol. The summed E-state index contributed by atoms with van der Waals surface area (Å²) in [6, 6.07) is 1.76. The Balaban J connectivity index is 2.68. The second kappa shape index (κ2) is 2.85. The minimum Gasteiger partial charge on any atom is -0.495 e. The van der Waals surface area contributed by atoms with Gasteiger partial charge in [0.2, 0.25) is 5.95 Å². The van der Waals surface area contributed by atoms with Gasteiger partial charge in [-0.3, -0.25) is 0 Å². The molecule has 2 heterocycles. The first-order valence-electron chi connectivity index (χ1n) is 3.72. The smallest absolute Gasteiger partial charge is 0.220 e. The Kier molecular flexibility index (Phi) is 1.70. The van der Waals surface area contributed by atoms with Gasteiger partial charge in [0.05, 0.1) is 25.0 Å². The van der Waals surface area contributed by atoms with Crippen LogP contribution in [0.1, 0.15) is 0 Å². The molecular weight excluding hydrogens is 168 g/mol. The van der Waals surface area contributed by atoms with Crippen LogP contribution in [-0.4, -0.2) is 22.1 Å². The van der Waals surface area contributed by atoms with Crippen molar-refractivity contribution >= 4 is 17.0 Å². The van der Waals surface area contributed by atoms with E-state index >= 15 is 0 Å². The number of nitrogens with zero attached hydrogens (tertiary/aromatic N) is 3. The molecule has 66 valence electrons. The van der Waals surface area contributed by atoms with E-state index in [1.807, 2.05) is 0 Å². The number of rotatable bonds is 1. The summed E-state index contributed by atoms with van der Waals surface area (Å²) < 4.78 is 5.00. The summed E-state index contributed by atoms with van der Waals surface area (Å²) in [5.74, 6) is 0.896. The van der Waals surface area contributed by atoms with Crippen LogP contribution in [0.2, 0.25) is 0 Å². The van der Waals surface area contributed by atoms with Gasteiger partial charge in [0.25, 0.3) is 0 Å². The Morgan fingerprint density at radius 2 is 2.08 bits per heavy atom. The quantitative estimate of drug-likeness (QED) is 0.689. The topological polar surface area (TPSA) is 73.9 Å². The molecule has 0 atom stereocenters. The van der Waals surface area contributed by atoms with Crippen molar-refractivity contribution in [1.82, 2.24) is 15.0 Å². The normalized spacial score (nSPS) is 10.2. The fraction of sp³-hybridized carbons (Fsp3) is 0.125. The Bertz CT molecular complexity index is 443. The molecule has 0 bridgehead atoms. The zero-order valence-electron chi connectivity index (χ0n) is 7.06. The molecule has 0 saturated heterocycles. The molecule has 0 unspecified atom stereocenters. The van der Waals surface area contributed by atoms with Crippen LogP contribution < -0.4 is 10.5 Å². The number of pyridine rings is 1. The SMILES string of the molecule is COc1cnc2cnc(N)nc2c1. The van der Waals surface area contributed by atoms with Gasteiger partial charge in [0, 0.05) is 6.07 Å². The number of anilines is 1. The van der Waals surface area contributed by atoms with E-state index in [0.717, 1.165) is 0 Å². The third-order valence-corrected chi connectivity index (χ3v) is 1.66. The molecule has 0 radical (unpaired) electrons. The monoisotopic (exact) mass is 176 g/mol. The van der Waals surface area contributed by atoms with Gasteiger partial charge in [-0.15, -0.1) is 0 Å². The lowest BCUT2D eigenvalue weighted by atomic mass is 10.3. The second-order valence-electron chi connectivity index (χ2n) is 2.51. The molecule has 0 saturated carbocycles. The molecule has 13 heavy (non-hydrogen) atoms. The minimum atomic E-state index is 0.238. The van der Waals surface area contributed by atoms with E-state index in [0.29, 0.717) is 16.8 Å². The van der Waals surface area contributed by atoms with Crippen molar-refractivity contribution in [2.75, 3.05) is 12.8 Å². The van der Waals surface area contributed by atoms with Gasteiger partial charge in [0.1, 0.15) is 11.3 Å². The molecule has 2 rings (SSSR count). The largest absolute Gasteiger partial charge is 0.495 e. The van der Waals surface area contributed by atoms with E-state index in [4.69, 9.17) is 10.5 Å². The maximum atomic E-state index is 5.42. The summed E-state index contributed by atoms with van der Waals surface area (Å²) in [4.78, 5) is 11.9. The Labute approximate surface area is 74.6 Å². The molecule has 5 heteroatoms. The first-order valence-corrected chi connectivity index (χ1v) is 3.72. The minimum absolute atomic E-state index is 0.238. The Morgan fingerprint density at radius 1 is 1.23 bits per heavy atom. The molecule has 0 amide bonds.